The van der Waals surface area contributed by atoms with Crippen LogP contribution in [0, 0.1) is 5.41 Å². The molecule has 4 nitrogen and oxygen atoms in total. The lowest BCUT2D eigenvalue weighted by Crippen LogP contribution is -2.34. The summed E-state index contributed by atoms with van der Waals surface area (Å²) in [6, 6.07) is 7.44. The molecule has 0 spiro atoms. The average molecular weight is 290 g/mol. The first-order valence-electron chi connectivity index (χ1n) is 7.73. The van der Waals surface area contributed by atoms with Gasteiger partial charge in [0.05, 0.1) is 6.10 Å². The number of carbonyl (C=O) groups is 1. The Morgan fingerprint density at radius 1 is 1.43 bits per heavy atom. The molecule has 1 aromatic rings. The van der Waals surface area contributed by atoms with Crippen molar-refractivity contribution in [3.05, 3.63) is 29.8 Å². The number of rotatable bonds is 5. The summed E-state index contributed by atoms with van der Waals surface area (Å²) in [5.74, 6) is 0.899. The fourth-order valence-corrected chi connectivity index (χ4v) is 2.54. The van der Waals surface area contributed by atoms with Gasteiger partial charge in [0, 0.05) is 18.7 Å². The molecule has 4 heteroatoms. The van der Waals surface area contributed by atoms with E-state index in [1.54, 1.807) is 0 Å². The summed E-state index contributed by atoms with van der Waals surface area (Å²) in [6.07, 6.45) is 2.13. The Labute approximate surface area is 127 Å². The smallest absolute Gasteiger partial charge is 0.253 e. The normalized spacial score (nSPS) is 23.1. The van der Waals surface area contributed by atoms with Crippen LogP contribution in [0.5, 0.6) is 5.75 Å². The van der Waals surface area contributed by atoms with E-state index in [-0.39, 0.29) is 17.4 Å². The van der Waals surface area contributed by atoms with E-state index in [0.29, 0.717) is 12.1 Å². The van der Waals surface area contributed by atoms with Gasteiger partial charge in [-0.15, -0.1) is 0 Å². The summed E-state index contributed by atoms with van der Waals surface area (Å²) in [5.41, 5.74) is 6.57. The van der Waals surface area contributed by atoms with Crippen LogP contribution in [0.4, 0.5) is 0 Å². The molecule has 1 saturated heterocycles. The summed E-state index contributed by atoms with van der Waals surface area (Å²) >= 11 is 0. The van der Waals surface area contributed by atoms with Gasteiger partial charge in [-0.3, -0.25) is 4.79 Å². The van der Waals surface area contributed by atoms with Crippen LogP contribution in [-0.2, 0) is 0 Å². The second-order valence-corrected chi connectivity index (χ2v) is 6.35. The zero-order chi connectivity index (χ0) is 15.5. The highest BCUT2D eigenvalue weighted by Gasteiger charge is 2.35. The van der Waals surface area contributed by atoms with Crippen molar-refractivity contribution >= 4 is 5.91 Å². The number of carbonyl (C=O) groups excluding carboxylic acids is 1. The van der Waals surface area contributed by atoms with Gasteiger partial charge in [-0.05, 0) is 56.0 Å². The average Bonchev–Trinajstić information content (AvgIpc) is 2.90. The number of nitrogens with zero attached hydrogens (tertiary/aromatic N) is 1. The van der Waals surface area contributed by atoms with Crippen LogP contribution in [0.25, 0.3) is 0 Å². The molecule has 116 valence electrons. The highest BCUT2D eigenvalue weighted by molar-refractivity contribution is 5.94. The molecule has 1 amide bonds. The third kappa shape index (κ3) is 3.76. The zero-order valence-electron chi connectivity index (χ0n) is 13.3. The molecule has 1 aliphatic rings. The van der Waals surface area contributed by atoms with E-state index in [1.807, 2.05) is 36.1 Å². The maximum absolute atomic E-state index is 12.5. The molecule has 21 heavy (non-hydrogen) atoms. The van der Waals surface area contributed by atoms with E-state index >= 15 is 0 Å². The summed E-state index contributed by atoms with van der Waals surface area (Å²) in [7, 11) is 0. The number of hydrogen-bond donors (Lipinski definition) is 1. The van der Waals surface area contributed by atoms with Gasteiger partial charge in [0.2, 0.25) is 0 Å². The molecule has 0 saturated carbocycles. The minimum atomic E-state index is 0.0648. The molecule has 2 N–H and O–H groups in total. The Morgan fingerprint density at radius 3 is 2.62 bits per heavy atom. The van der Waals surface area contributed by atoms with Crippen LogP contribution in [0.15, 0.2) is 24.3 Å². The van der Waals surface area contributed by atoms with Gasteiger partial charge in [0.25, 0.3) is 5.91 Å². The van der Waals surface area contributed by atoms with Crippen molar-refractivity contribution in [2.24, 2.45) is 11.1 Å². The van der Waals surface area contributed by atoms with Gasteiger partial charge < -0.3 is 15.4 Å². The first kappa shape index (κ1) is 15.8. The highest BCUT2D eigenvalue weighted by Crippen LogP contribution is 2.29. The Hall–Kier alpha value is -1.55. The van der Waals surface area contributed by atoms with Crippen LogP contribution >= 0.6 is 0 Å². The first-order chi connectivity index (χ1) is 9.97. The summed E-state index contributed by atoms with van der Waals surface area (Å²) < 4.78 is 5.73. The number of hydrogen-bond acceptors (Lipinski definition) is 3. The van der Waals surface area contributed by atoms with Gasteiger partial charge >= 0.3 is 0 Å². The van der Waals surface area contributed by atoms with Gasteiger partial charge in [0.15, 0.2) is 0 Å². The van der Waals surface area contributed by atoms with Crippen molar-refractivity contribution in [2.75, 3.05) is 19.6 Å². The van der Waals surface area contributed by atoms with Crippen molar-refractivity contribution < 1.29 is 9.53 Å². The van der Waals surface area contributed by atoms with E-state index < -0.39 is 0 Å². The molecular weight excluding hydrogens is 264 g/mol. The van der Waals surface area contributed by atoms with Crippen LogP contribution < -0.4 is 10.5 Å². The molecule has 1 aromatic carbocycles. The van der Waals surface area contributed by atoms with Crippen LogP contribution in [0.1, 0.15) is 44.0 Å². The molecule has 2 atom stereocenters. The fourth-order valence-electron chi connectivity index (χ4n) is 2.54. The van der Waals surface area contributed by atoms with Crippen molar-refractivity contribution in [3.63, 3.8) is 0 Å². The quantitative estimate of drug-likeness (QED) is 0.907. The summed E-state index contributed by atoms with van der Waals surface area (Å²) in [4.78, 5) is 14.4. The van der Waals surface area contributed by atoms with Crippen LogP contribution in [-0.4, -0.2) is 36.5 Å². The molecular formula is C17H26N2O2. The number of likely N-dealkylation sites (tertiary alicyclic amines) is 1. The molecule has 0 radical (unpaired) electrons. The fraction of sp³-hybridized carbons (Fsp3) is 0.588. The highest BCUT2D eigenvalue weighted by atomic mass is 16.5. The van der Waals surface area contributed by atoms with Crippen LogP contribution in [0.3, 0.4) is 0 Å². The first-order valence-corrected chi connectivity index (χ1v) is 7.73. The second kappa shape index (κ2) is 6.48. The molecule has 0 aliphatic carbocycles. The molecule has 0 aromatic heterocycles. The maximum atomic E-state index is 12.5. The molecule has 1 fully saturated rings. The molecule has 0 bridgehead atoms. The number of nitrogens with two attached hydrogens (primary N) is 1. The van der Waals surface area contributed by atoms with Gasteiger partial charge in [-0.25, -0.2) is 0 Å². The van der Waals surface area contributed by atoms with E-state index in [1.165, 1.54) is 0 Å². The third-order valence-electron chi connectivity index (χ3n) is 4.35. The maximum Gasteiger partial charge on any atom is 0.253 e. The minimum absolute atomic E-state index is 0.0648. The predicted molar refractivity (Wildman–Crippen MR) is 84.5 cm³/mol. The summed E-state index contributed by atoms with van der Waals surface area (Å²) in [6.45, 7) is 8.42. The standard InChI is InChI=1S/C17H26N2O2/c1-4-13(2)21-15-7-5-14(6-8-15)16(20)19-10-9-17(3,11-18)12-19/h5-8,13H,4,9-12,18H2,1-3H3. The lowest BCUT2D eigenvalue weighted by Gasteiger charge is -2.22. The van der Waals surface area contributed by atoms with Crippen molar-refractivity contribution in [2.45, 2.75) is 39.7 Å². The van der Waals surface area contributed by atoms with Crippen molar-refractivity contribution in [3.8, 4) is 5.75 Å². The monoisotopic (exact) mass is 290 g/mol. The predicted octanol–water partition coefficient (Wildman–Crippen LogP) is 2.67. The number of ether oxygens (including phenoxy) is 1. The summed E-state index contributed by atoms with van der Waals surface area (Å²) in [5, 5.41) is 0. The zero-order valence-corrected chi connectivity index (χ0v) is 13.3. The molecule has 2 rings (SSSR count). The Balaban J connectivity index is 2.01. The Morgan fingerprint density at radius 2 is 2.10 bits per heavy atom. The van der Waals surface area contributed by atoms with Gasteiger partial charge in [0.1, 0.15) is 5.75 Å². The third-order valence-corrected chi connectivity index (χ3v) is 4.35. The molecule has 1 heterocycles. The topological polar surface area (TPSA) is 55.6 Å². The lowest BCUT2D eigenvalue weighted by atomic mass is 9.90. The molecule has 2 unspecified atom stereocenters. The van der Waals surface area contributed by atoms with Crippen molar-refractivity contribution in [1.82, 2.24) is 4.90 Å². The Kier molecular flexibility index (Phi) is 4.88. The second-order valence-electron chi connectivity index (χ2n) is 6.35. The minimum Gasteiger partial charge on any atom is -0.491 e. The SMILES string of the molecule is CCC(C)Oc1ccc(C(=O)N2CCC(C)(CN)C2)cc1. The lowest BCUT2D eigenvalue weighted by molar-refractivity contribution is 0.0777. The van der Waals surface area contributed by atoms with E-state index in [2.05, 4.69) is 13.8 Å². The Bertz CT molecular complexity index is 486. The number of amides is 1. The van der Waals surface area contributed by atoms with Gasteiger partial charge in [-0.2, -0.15) is 0 Å². The van der Waals surface area contributed by atoms with E-state index in [0.717, 1.165) is 31.7 Å². The largest absolute Gasteiger partial charge is 0.491 e. The van der Waals surface area contributed by atoms with Crippen LogP contribution in [0.2, 0.25) is 0 Å². The molecule has 1 aliphatic heterocycles. The van der Waals surface area contributed by atoms with E-state index in [9.17, 15) is 4.79 Å². The number of benzene rings is 1. The van der Waals surface area contributed by atoms with E-state index in [4.69, 9.17) is 10.5 Å². The van der Waals surface area contributed by atoms with Gasteiger partial charge in [-0.1, -0.05) is 13.8 Å². The van der Waals surface area contributed by atoms with Crippen molar-refractivity contribution in [1.29, 1.82) is 0 Å².